The zero-order valence-corrected chi connectivity index (χ0v) is 15.8. The molecule has 2 atom stereocenters. The van der Waals surface area contributed by atoms with Crippen LogP contribution in [0.5, 0.6) is 0 Å². The maximum atomic E-state index is 12.8. The van der Waals surface area contributed by atoms with Crippen LogP contribution in [0, 0.1) is 6.92 Å². The van der Waals surface area contributed by atoms with Crippen molar-refractivity contribution in [2.24, 2.45) is 5.73 Å². The fourth-order valence-corrected chi connectivity index (χ4v) is 4.39. The molecule has 1 aliphatic rings. The van der Waals surface area contributed by atoms with Gasteiger partial charge in [-0.2, -0.15) is 0 Å². The molecule has 3 rings (SSSR count). The van der Waals surface area contributed by atoms with Crippen LogP contribution in [-0.2, 0) is 6.42 Å². The zero-order valence-electron chi connectivity index (χ0n) is 14.2. The van der Waals surface area contributed by atoms with E-state index in [-0.39, 0.29) is 30.3 Å². The second-order valence-electron chi connectivity index (χ2n) is 6.33. The molecule has 1 fully saturated rings. The Bertz CT molecular complexity index is 686. The number of carbonyl (C=O) groups excluding carboxylic acids is 1. The molecule has 0 radical (unpaired) electrons. The van der Waals surface area contributed by atoms with E-state index in [1.165, 1.54) is 16.0 Å². The lowest BCUT2D eigenvalue weighted by atomic mass is 9.95. The van der Waals surface area contributed by atoms with Crippen LogP contribution in [0.1, 0.15) is 44.9 Å². The van der Waals surface area contributed by atoms with Gasteiger partial charge < -0.3 is 10.6 Å². The summed E-state index contributed by atoms with van der Waals surface area (Å²) in [5.41, 5.74) is 8.85. The van der Waals surface area contributed by atoms with Crippen LogP contribution in [0.4, 0.5) is 0 Å². The number of hydrogen-bond donors (Lipinski definition) is 1. The number of nitrogens with zero attached hydrogens (tertiary/aromatic N) is 1. The van der Waals surface area contributed by atoms with Crippen molar-refractivity contribution in [3.63, 3.8) is 0 Å². The first-order chi connectivity index (χ1) is 11.1. The summed E-state index contributed by atoms with van der Waals surface area (Å²) in [4.78, 5) is 16.9. The van der Waals surface area contributed by atoms with E-state index < -0.39 is 0 Å². The predicted octanol–water partition coefficient (Wildman–Crippen LogP) is 4.00. The third-order valence-corrected chi connectivity index (χ3v) is 5.71. The van der Waals surface area contributed by atoms with Crippen LogP contribution < -0.4 is 5.73 Å². The van der Waals surface area contributed by atoms with E-state index in [9.17, 15) is 4.79 Å². The first-order valence-electron chi connectivity index (χ1n) is 8.29. The quantitative estimate of drug-likeness (QED) is 0.891. The molecule has 2 N–H and O–H groups in total. The first-order valence-corrected chi connectivity index (χ1v) is 9.11. The Hall–Kier alpha value is -1.36. The number of likely N-dealkylation sites (tertiary alicyclic amines) is 1. The number of carbonyl (C=O) groups is 1. The fourth-order valence-electron chi connectivity index (χ4n) is 3.35. The van der Waals surface area contributed by atoms with Crippen molar-refractivity contribution in [3.8, 4) is 0 Å². The molecule has 1 amide bonds. The number of amides is 1. The minimum absolute atomic E-state index is 0. The van der Waals surface area contributed by atoms with E-state index in [0.717, 1.165) is 17.7 Å². The highest BCUT2D eigenvalue weighted by atomic mass is 35.5. The van der Waals surface area contributed by atoms with Crippen molar-refractivity contribution >= 4 is 29.7 Å². The molecule has 1 aromatic carbocycles. The topological polar surface area (TPSA) is 46.3 Å². The summed E-state index contributed by atoms with van der Waals surface area (Å²) in [5, 5.41) is 0. The van der Waals surface area contributed by atoms with Crippen LogP contribution in [0.2, 0.25) is 0 Å². The molecule has 24 heavy (non-hydrogen) atoms. The molecule has 1 saturated heterocycles. The maximum Gasteiger partial charge on any atom is 0.264 e. The minimum Gasteiger partial charge on any atom is -0.336 e. The van der Waals surface area contributed by atoms with Gasteiger partial charge in [0.05, 0.1) is 4.88 Å². The molecule has 0 saturated carbocycles. The van der Waals surface area contributed by atoms with Gasteiger partial charge in [-0.1, -0.05) is 43.7 Å². The molecule has 1 aliphatic heterocycles. The lowest BCUT2D eigenvalue weighted by Crippen LogP contribution is -2.31. The molecular weight excluding hydrogens is 340 g/mol. The summed E-state index contributed by atoms with van der Waals surface area (Å²) >= 11 is 1.62. The minimum atomic E-state index is 0. The molecule has 5 heteroatoms. The SMILES string of the molecule is CCCc1cc(C(=O)N2C[C@@H](N)[C@H](c3ccccc3)C2)sc1C.Cl. The highest BCUT2D eigenvalue weighted by Crippen LogP contribution is 2.30. The molecule has 3 nitrogen and oxygen atoms in total. The molecule has 2 aromatic rings. The standard InChI is InChI=1S/C19H24N2OS.ClH/c1-3-7-15-10-18(23-13(15)2)19(22)21-11-16(17(20)12-21)14-8-5-4-6-9-14;/h4-6,8-10,16-17H,3,7,11-12,20H2,1-2H3;1H/t16-,17+;/m0./s1. The Balaban J connectivity index is 0.00000208. The Labute approximate surface area is 154 Å². The number of rotatable bonds is 4. The van der Waals surface area contributed by atoms with Gasteiger partial charge in [-0.3, -0.25) is 4.79 Å². The molecule has 0 spiro atoms. The third-order valence-electron chi connectivity index (χ3n) is 4.63. The Morgan fingerprint density at radius 1 is 1.29 bits per heavy atom. The highest BCUT2D eigenvalue weighted by molar-refractivity contribution is 7.14. The Morgan fingerprint density at radius 3 is 2.67 bits per heavy atom. The lowest BCUT2D eigenvalue weighted by molar-refractivity contribution is 0.0794. The number of halogens is 1. The van der Waals surface area contributed by atoms with Gasteiger partial charge in [-0.25, -0.2) is 0 Å². The van der Waals surface area contributed by atoms with Gasteiger partial charge in [0.2, 0.25) is 0 Å². The van der Waals surface area contributed by atoms with E-state index in [0.29, 0.717) is 13.1 Å². The smallest absolute Gasteiger partial charge is 0.264 e. The zero-order chi connectivity index (χ0) is 16.4. The largest absolute Gasteiger partial charge is 0.336 e. The summed E-state index contributed by atoms with van der Waals surface area (Å²) in [6.07, 6.45) is 2.15. The molecule has 2 heterocycles. The molecule has 0 unspecified atom stereocenters. The van der Waals surface area contributed by atoms with Gasteiger partial charge in [0.25, 0.3) is 5.91 Å². The van der Waals surface area contributed by atoms with Crippen molar-refractivity contribution < 1.29 is 4.79 Å². The van der Waals surface area contributed by atoms with Crippen LogP contribution in [0.15, 0.2) is 36.4 Å². The second kappa shape index (κ2) is 8.15. The monoisotopic (exact) mass is 364 g/mol. The molecule has 0 aliphatic carbocycles. The van der Waals surface area contributed by atoms with E-state index in [4.69, 9.17) is 5.73 Å². The second-order valence-corrected chi connectivity index (χ2v) is 7.59. The van der Waals surface area contributed by atoms with E-state index in [2.05, 4.69) is 32.0 Å². The van der Waals surface area contributed by atoms with Crippen molar-refractivity contribution in [2.45, 2.75) is 38.6 Å². The van der Waals surface area contributed by atoms with Gasteiger partial charge in [0, 0.05) is 29.9 Å². The summed E-state index contributed by atoms with van der Waals surface area (Å²) in [6.45, 7) is 5.63. The van der Waals surface area contributed by atoms with Crippen molar-refractivity contribution in [3.05, 3.63) is 57.3 Å². The van der Waals surface area contributed by atoms with Crippen LogP contribution in [0.3, 0.4) is 0 Å². The summed E-state index contributed by atoms with van der Waals surface area (Å²) in [7, 11) is 0. The average Bonchev–Trinajstić information content (AvgIpc) is 3.12. The molecule has 0 bridgehead atoms. The van der Waals surface area contributed by atoms with Crippen molar-refractivity contribution in [1.29, 1.82) is 0 Å². The number of benzene rings is 1. The van der Waals surface area contributed by atoms with Gasteiger partial charge in [0.1, 0.15) is 0 Å². The lowest BCUT2D eigenvalue weighted by Gasteiger charge is -2.15. The van der Waals surface area contributed by atoms with E-state index in [1.807, 2.05) is 23.1 Å². The number of thiophene rings is 1. The normalized spacial score (nSPS) is 20.0. The average molecular weight is 365 g/mol. The maximum absolute atomic E-state index is 12.8. The molecule has 1 aromatic heterocycles. The number of hydrogen-bond acceptors (Lipinski definition) is 3. The Kier molecular flexibility index (Phi) is 6.44. The number of aryl methyl sites for hydroxylation is 2. The van der Waals surface area contributed by atoms with Crippen LogP contribution in [-0.4, -0.2) is 29.9 Å². The molecule has 130 valence electrons. The van der Waals surface area contributed by atoms with Crippen LogP contribution in [0.25, 0.3) is 0 Å². The van der Waals surface area contributed by atoms with Gasteiger partial charge in [0.15, 0.2) is 0 Å². The van der Waals surface area contributed by atoms with Gasteiger partial charge in [-0.15, -0.1) is 23.7 Å². The van der Waals surface area contributed by atoms with Crippen molar-refractivity contribution in [1.82, 2.24) is 4.90 Å². The summed E-state index contributed by atoms with van der Waals surface area (Å²) in [5.74, 6) is 0.366. The third kappa shape index (κ3) is 3.82. The van der Waals surface area contributed by atoms with E-state index in [1.54, 1.807) is 11.3 Å². The summed E-state index contributed by atoms with van der Waals surface area (Å²) < 4.78 is 0. The van der Waals surface area contributed by atoms with E-state index >= 15 is 0 Å². The highest BCUT2D eigenvalue weighted by Gasteiger charge is 2.34. The van der Waals surface area contributed by atoms with Gasteiger partial charge >= 0.3 is 0 Å². The van der Waals surface area contributed by atoms with Crippen LogP contribution >= 0.6 is 23.7 Å². The number of nitrogens with two attached hydrogens (primary N) is 1. The fraction of sp³-hybridized carbons (Fsp3) is 0.421. The Morgan fingerprint density at radius 2 is 2.00 bits per heavy atom. The molecular formula is C19H25ClN2OS. The summed E-state index contributed by atoms with van der Waals surface area (Å²) in [6, 6.07) is 12.4. The van der Waals surface area contributed by atoms with Gasteiger partial charge in [-0.05, 0) is 30.5 Å². The first kappa shape index (κ1) is 19.0. The predicted molar refractivity (Wildman–Crippen MR) is 103 cm³/mol. The van der Waals surface area contributed by atoms with Crippen molar-refractivity contribution in [2.75, 3.05) is 13.1 Å².